The van der Waals surface area contributed by atoms with Crippen molar-refractivity contribution in [2.75, 3.05) is 18.2 Å². The third-order valence-electron chi connectivity index (χ3n) is 4.19. The second-order valence-electron chi connectivity index (χ2n) is 6.05. The average molecular weight is 417 g/mol. The van der Waals surface area contributed by atoms with Crippen LogP contribution in [-0.4, -0.2) is 33.5 Å². The molecule has 8 heteroatoms. The largest absolute Gasteiger partial charge is 0.495 e. The lowest BCUT2D eigenvalue weighted by molar-refractivity contribution is -0.113. The summed E-state index contributed by atoms with van der Waals surface area (Å²) in [6.07, 6.45) is 0. The van der Waals surface area contributed by atoms with Gasteiger partial charge < -0.3 is 14.6 Å². The molecule has 0 fully saturated rings. The second kappa shape index (κ2) is 9.12. The minimum atomic E-state index is -0.173. The van der Waals surface area contributed by atoms with Crippen LogP contribution >= 0.6 is 23.4 Å². The van der Waals surface area contributed by atoms with Gasteiger partial charge in [0, 0.05) is 17.1 Å². The number of halogens is 1. The molecule has 146 valence electrons. The molecule has 1 heterocycles. The van der Waals surface area contributed by atoms with Crippen molar-refractivity contribution >= 4 is 35.0 Å². The molecule has 3 rings (SSSR count). The lowest BCUT2D eigenvalue weighted by atomic mass is 10.1. The van der Waals surface area contributed by atoms with Gasteiger partial charge in [0.1, 0.15) is 5.75 Å². The summed E-state index contributed by atoms with van der Waals surface area (Å²) in [7, 11) is 1.55. The van der Waals surface area contributed by atoms with Crippen LogP contribution in [0.3, 0.4) is 0 Å². The maximum atomic E-state index is 12.4. The number of hydrogen-bond donors (Lipinski definition) is 1. The van der Waals surface area contributed by atoms with Crippen molar-refractivity contribution in [1.29, 1.82) is 0 Å². The van der Waals surface area contributed by atoms with E-state index in [1.54, 1.807) is 25.3 Å². The number of hydrogen-bond acceptors (Lipinski definition) is 5. The molecule has 0 aliphatic carbocycles. The Hall–Kier alpha value is -2.51. The summed E-state index contributed by atoms with van der Waals surface area (Å²) in [6.45, 7) is 4.79. The van der Waals surface area contributed by atoms with Crippen molar-refractivity contribution in [3.63, 3.8) is 0 Å². The monoisotopic (exact) mass is 416 g/mol. The van der Waals surface area contributed by atoms with Crippen molar-refractivity contribution in [3.8, 4) is 17.1 Å². The molecule has 6 nitrogen and oxygen atoms in total. The smallest absolute Gasteiger partial charge is 0.234 e. The number of anilines is 1. The van der Waals surface area contributed by atoms with Crippen LogP contribution in [0.4, 0.5) is 5.69 Å². The van der Waals surface area contributed by atoms with E-state index in [0.717, 1.165) is 17.0 Å². The third kappa shape index (κ3) is 4.48. The number of thioether (sulfide) groups is 1. The summed E-state index contributed by atoms with van der Waals surface area (Å²) >= 11 is 7.35. The van der Waals surface area contributed by atoms with Crippen LogP contribution in [0, 0.1) is 6.92 Å². The number of amides is 1. The third-order valence-corrected chi connectivity index (χ3v) is 5.39. The number of carbonyl (C=O) groups excluding carboxylic acids is 1. The van der Waals surface area contributed by atoms with Crippen molar-refractivity contribution in [1.82, 2.24) is 14.8 Å². The van der Waals surface area contributed by atoms with Crippen LogP contribution in [0.2, 0.25) is 5.02 Å². The number of aromatic nitrogens is 3. The van der Waals surface area contributed by atoms with Gasteiger partial charge in [0.2, 0.25) is 5.91 Å². The highest BCUT2D eigenvalue weighted by molar-refractivity contribution is 7.99. The van der Waals surface area contributed by atoms with E-state index < -0.39 is 0 Å². The standard InChI is InChI=1S/C20H21ClN4O2S/c1-4-25-19(15-8-6-5-7-13(15)2)23-24-20(25)28-12-18(26)22-16-11-14(21)9-10-17(16)27-3/h5-11H,4,12H2,1-3H3,(H,22,26). The minimum absolute atomic E-state index is 0.173. The van der Waals surface area contributed by atoms with Crippen LogP contribution in [0.5, 0.6) is 5.75 Å². The van der Waals surface area contributed by atoms with Crippen LogP contribution in [-0.2, 0) is 11.3 Å². The number of benzene rings is 2. The fraction of sp³-hybridized carbons (Fsp3) is 0.250. The fourth-order valence-electron chi connectivity index (χ4n) is 2.80. The summed E-state index contributed by atoms with van der Waals surface area (Å²) in [4.78, 5) is 12.4. The van der Waals surface area contributed by atoms with Gasteiger partial charge >= 0.3 is 0 Å². The summed E-state index contributed by atoms with van der Waals surface area (Å²) in [5, 5.41) is 12.7. The van der Waals surface area contributed by atoms with E-state index >= 15 is 0 Å². The predicted octanol–water partition coefficient (Wildman–Crippen LogP) is 4.67. The Morgan fingerprint density at radius 3 is 2.75 bits per heavy atom. The van der Waals surface area contributed by atoms with Gasteiger partial charge in [0.05, 0.1) is 18.6 Å². The Labute approximate surface area is 173 Å². The van der Waals surface area contributed by atoms with E-state index in [1.165, 1.54) is 11.8 Å². The van der Waals surface area contributed by atoms with Gasteiger partial charge in [-0.2, -0.15) is 0 Å². The van der Waals surface area contributed by atoms with E-state index in [0.29, 0.717) is 28.2 Å². The van der Waals surface area contributed by atoms with Crippen LogP contribution in [0.1, 0.15) is 12.5 Å². The lowest BCUT2D eigenvalue weighted by Gasteiger charge is -2.11. The number of aryl methyl sites for hydroxylation is 1. The van der Waals surface area contributed by atoms with Gasteiger partial charge in [0.25, 0.3) is 0 Å². The maximum absolute atomic E-state index is 12.4. The molecule has 0 aliphatic rings. The first-order valence-corrected chi connectivity index (χ1v) is 10.1. The molecule has 0 aliphatic heterocycles. The average Bonchev–Trinajstić information content (AvgIpc) is 3.09. The summed E-state index contributed by atoms with van der Waals surface area (Å²) in [6, 6.07) is 13.1. The highest BCUT2D eigenvalue weighted by atomic mass is 35.5. The maximum Gasteiger partial charge on any atom is 0.234 e. The second-order valence-corrected chi connectivity index (χ2v) is 7.43. The van der Waals surface area contributed by atoms with Crippen LogP contribution < -0.4 is 10.1 Å². The van der Waals surface area contributed by atoms with Gasteiger partial charge in [-0.3, -0.25) is 4.79 Å². The van der Waals surface area contributed by atoms with E-state index in [9.17, 15) is 4.79 Å². The highest BCUT2D eigenvalue weighted by Gasteiger charge is 2.16. The normalized spacial score (nSPS) is 10.7. The molecule has 1 amide bonds. The molecule has 0 radical (unpaired) electrons. The summed E-state index contributed by atoms with van der Waals surface area (Å²) < 4.78 is 7.27. The molecule has 1 N–H and O–H groups in total. The molecular formula is C20H21ClN4O2S. The number of nitrogens with zero attached hydrogens (tertiary/aromatic N) is 3. The summed E-state index contributed by atoms with van der Waals surface area (Å²) in [5.41, 5.74) is 2.71. The van der Waals surface area contributed by atoms with E-state index in [-0.39, 0.29) is 11.7 Å². The van der Waals surface area contributed by atoms with Crippen molar-refractivity contribution in [2.24, 2.45) is 0 Å². The number of rotatable bonds is 7. The Bertz CT molecular complexity index is 990. The van der Waals surface area contributed by atoms with Crippen molar-refractivity contribution in [3.05, 3.63) is 53.1 Å². The van der Waals surface area contributed by atoms with E-state index in [2.05, 4.69) is 15.5 Å². The Morgan fingerprint density at radius 1 is 1.25 bits per heavy atom. The fourth-order valence-corrected chi connectivity index (χ4v) is 3.77. The van der Waals surface area contributed by atoms with Gasteiger partial charge in [-0.05, 0) is 37.6 Å². The first-order valence-electron chi connectivity index (χ1n) is 8.78. The molecule has 0 saturated heterocycles. The van der Waals surface area contributed by atoms with Crippen molar-refractivity contribution in [2.45, 2.75) is 25.5 Å². The molecule has 2 aromatic carbocycles. The molecule has 0 atom stereocenters. The number of methoxy groups -OCH3 is 1. The minimum Gasteiger partial charge on any atom is -0.495 e. The van der Waals surface area contributed by atoms with Crippen LogP contribution in [0.25, 0.3) is 11.4 Å². The Morgan fingerprint density at radius 2 is 2.04 bits per heavy atom. The zero-order valence-corrected chi connectivity index (χ0v) is 17.5. The van der Waals surface area contributed by atoms with E-state index in [1.807, 2.05) is 42.7 Å². The molecule has 1 aromatic heterocycles. The zero-order chi connectivity index (χ0) is 20.1. The lowest BCUT2D eigenvalue weighted by Crippen LogP contribution is -2.15. The highest BCUT2D eigenvalue weighted by Crippen LogP contribution is 2.29. The first kappa shape index (κ1) is 20.2. The molecule has 28 heavy (non-hydrogen) atoms. The van der Waals surface area contributed by atoms with Gasteiger partial charge in [-0.15, -0.1) is 10.2 Å². The first-order chi connectivity index (χ1) is 13.5. The predicted molar refractivity (Wildman–Crippen MR) is 113 cm³/mol. The van der Waals surface area contributed by atoms with Crippen LogP contribution in [0.15, 0.2) is 47.6 Å². The number of ether oxygens (including phenoxy) is 1. The molecule has 3 aromatic rings. The van der Waals surface area contributed by atoms with Gasteiger partial charge in [0.15, 0.2) is 11.0 Å². The number of carbonyl (C=O) groups is 1. The Balaban J connectivity index is 1.72. The molecule has 0 spiro atoms. The number of nitrogens with one attached hydrogen (secondary N) is 1. The van der Waals surface area contributed by atoms with Gasteiger partial charge in [-0.25, -0.2) is 0 Å². The van der Waals surface area contributed by atoms with Gasteiger partial charge in [-0.1, -0.05) is 47.6 Å². The SMILES string of the molecule is CCn1c(SCC(=O)Nc2cc(Cl)ccc2OC)nnc1-c1ccccc1C. The Kier molecular flexibility index (Phi) is 6.59. The van der Waals surface area contributed by atoms with Crippen molar-refractivity contribution < 1.29 is 9.53 Å². The molecule has 0 unspecified atom stereocenters. The summed E-state index contributed by atoms with van der Waals surface area (Å²) in [5.74, 6) is 1.39. The quantitative estimate of drug-likeness (QED) is 0.567. The molecule has 0 bridgehead atoms. The molecular weight excluding hydrogens is 396 g/mol. The van der Waals surface area contributed by atoms with E-state index in [4.69, 9.17) is 16.3 Å². The molecule has 0 saturated carbocycles. The zero-order valence-electron chi connectivity index (χ0n) is 15.9. The topological polar surface area (TPSA) is 69.0 Å².